The first-order valence-electron chi connectivity index (χ1n) is 10.5. The summed E-state index contributed by atoms with van der Waals surface area (Å²) in [6.45, 7) is 2.45. The van der Waals surface area contributed by atoms with Crippen LogP contribution in [0.4, 0.5) is 22.0 Å². The Bertz CT molecular complexity index is 1240. The molecule has 0 aliphatic heterocycles. The summed E-state index contributed by atoms with van der Waals surface area (Å²) in [7, 11) is -3.68. The predicted octanol–water partition coefficient (Wildman–Crippen LogP) is 4.98. The molecule has 0 aliphatic rings. The van der Waals surface area contributed by atoms with E-state index in [1.54, 1.807) is 32.0 Å². The number of benzene rings is 2. The molecule has 0 saturated carbocycles. The molecule has 34 heavy (non-hydrogen) atoms. The van der Waals surface area contributed by atoms with Crippen LogP contribution in [0.15, 0.2) is 48.7 Å². The van der Waals surface area contributed by atoms with Crippen molar-refractivity contribution >= 4 is 20.9 Å². The van der Waals surface area contributed by atoms with Crippen LogP contribution in [0.3, 0.4) is 0 Å². The molecule has 1 heterocycles. The molecule has 0 spiro atoms. The molecule has 0 fully saturated rings. The third-order valence-electron chi connectivity index (χ3n) is 5.24. The Balaban J connectivity index is 1.65. The van der Waals surface area contributed by atoms with Gasteiger partial charge in [0.15, 0.2) is 6.61 Å². The standard InChI is InChI=1S/C23H25F5N2O3S/c1-15(2)34(31,32)30-13-17(20-7-6-18(24)11-21(20)30)8-9-29-12-16-4-3-5-19(10-16)33-14-23(27,28)22(25)26/h3-7,10-11,13,15,22,29H,8-9,12,14H2,1-2H3. The van der Waals surface area contributed by atoms with E-state index in [1.807, 2.05) is 0 Å². The van der Waals surface area contributed by atoms with Crippen LogP contribution < -0.4 is 10.1 Å². The van der Waals surface area contributed by atoms with Gasteiger partial charge in [-0.15, -0.1) is 0 Å². The molecule has 0 radical (unpaired) electrons. The lowest BCUT2D eigenvalue weighted by Crippen LogP contribution is -2.33. The average Bonchev–Trinajstić information content (AvgIpc) is 3.13. The molecule has 186 valence electrons. The van der Waals surface area contributed by atoms with Crippen LogP contribution in [-0.2, 0) is 23.0 Å². The van der Waals surface area contributed by atoms with Crippen molar-refractivity contribution in [2.75, 3.05) is 13.2 Å². The fourth-order valence-corrected chi connectivity index (χ4v) is 4.47. The van der Waals surface area contributed by atoms with Gasteiger partial charge in [0, 0.05) is 18.1 Å². The zero-order valence-electron chi connectivity index (χ0n) is 18.6. The summed E-state index contributed by atoms with van der Waals surface area (Å²) in [6, 6.07) is 10.2. The number of hydrogen-bond donors (Lipinski definition) is 1. The van der Waals surface area contributed by atoms with E-state index in [1.165, 1.54) is 30.5 Å². The van der Waals surface area contributed by atoms with Gasteiger partial charge >= 0.3 is 12.3 Å². The molecule has 0 aliphatic carbocycles. The van der Waals surface area contributed by atoms with Gasteiger partial charge in [-0.25, -0.2) is 25.6 Å². The lowest BCUT2D eigenvalue weighted by molar-refractivity contribution is -0.148. The first-order chi connectivity index (χ1) is 15.9. The van der Waals surface area contributed by atoms with Crippen molar-refractivity contribution in [1.82, 2.24) is 9.29 Å². The molecule has 0 bridgehead atoms. The summed E-state index contributed by atoms with van der Waals surface area (Å²) in [4.78, 5) is 0. The molecular weight excluding hydrogens is 479 g/mol. The summed E-state index contributed by atoms with van der Waals surface area (Å²) < 4.78 is 95.7. The maximum Gasteiger partial charge on any atom is 0.340 e. The van der Waals surface area contributed by atoms with Crippen molar-refractivity contribution in [3.63, 3.8) is 0 Å². The number of aromatic nitrogens is 1. The molecule has 2 aromatic carbocycles. The third kappa shape index (κ3) is 5.87. The van der Waals surface area contributed by atoms with E-state index < -0.39 is 40.0 Å². The molecule has 3 rings (SSSR count). The number of halogens is 5. The molecule has 0 saturated heterocycles. The van der Waals surface area contributed by atoms with Crippen LogP contribution in [0, 0.1) is 5.82 Å². The average molecular weight is 505 g/mol. The van der Waals surface area contributed by atoms with E-state index >= 15 is 0 Å². The zero-order valence-corrected chi connectivity index (χ0v) is 19.4. The highest BCUT2D eigenvalue weighted by atomic mass is 32.2. The van der Waals surface area contributed by atoms with Gasteiger partial charge in [-0.2, -0.15) is 8.78 Å². The van der Waals surface area contributed by atoms with Gasteiger partial charge in [0.1, 0.15) is 11.6 Å². The van der Waals surface area contributed by atoms with E-state index in [0.29, 0.717) is 30.5 Å². The maximum atomic E-state index is 13.8. The quantitative estimate of drug-likeness (QED) is 0.296. The number of alkyl halides is 4. The minimum atomic E-state index is -4.24. The number of hydrogen-bond acceptors (Lipinski definition) is 4. The van der Waals surface area contributed by atoms with Crippen LogP contribution in [0.5, 0.6) is 5.75 Å². The van der Waals surface area contributed by atoms with Crippen molar-refractivity contribution in [2.24, 2.45) is 0 Å². The highest BCUT2D eigenvalue weighted by Gasteiger charge is 2.41. The van der Waals surface area contributed by atoms with Crippen molar-refractivity contribution in [2.45, 2.75) is 44.4 Å². The molecule has 0 unspecified atom stereocenters. The second-order valence-electron chi connectivity index (χ2n) is 8.13. The SMILES string of the molecule is CC(C)S(=O)(=O)n1cc(CCNCc2cccc(OCC(F)(F)C(F)F)c2)c2ccc(F)cc21. The second kappa shape index (κ2) is 10.3. The lowest BCUT2D eigenvalue weighted by atomic mass is 10.1. The van der Waals surface area contributed by atoms with Crippen LogP contribution in [0.2, 0.25) is 0 Å². The van der Waals surface area contributed by atoms with Crippen LogP contribution in [0.1, 0.15) is 25.0 Å². The smallest absolute Gasteiger partial charge is 0.340 e. The van der Waals surface area contributed by atoms with E-state index in [2.05, 4.69) is 5.32 Å². The first-order valence-corrected chi connectivity index (χ1v) is 12.0. The number of fused-ring (bicyclic) bond motifs is 1. The largest absolute Gasteiger partial charge is 0.487 e. The summed E-state index contributed by atoms with van der Waals surface area (Å²) in [5, 5.41) is 3.10. The highest BCUT2D eigenvalue weighted by molar-refractivity contribution is 7.90. The second-order valence-corrected chi connectivity index (χ2v) is 10.5. The van der Waals surface area contributed by atoms with Crippen molar-refractivity contribution < 1.29 is 35.1 Å². The predicted molar refractivity (Wildman–Crippen MR) is 120 cm³/mol. The summed E-state index contributed by atoms with van der Waals surface area (Å²) >= 11 is 0. The number of rotatable bonds is 11. The zero-order chi connectivity index (χ0) is 25.1. The van der Waals surface area contributed by atoms with Crippen molar-refractivity contribution in [3.05, 3.63) is 65.6 Å². The molecule has 11 heteroatoms. The van der Waals surface area contributed by atoms with Gasteiger partial charge in [0.05, 0.1) is 10.8 Å². The Morgan fingerprint density at radius 1 is 1.12 bits per heavy atom. The first kappa shape index (κ1) is 26.0. The Hall–Kier alpha value is -2.66. The van der Waals surface area contributed by atoms with E-state index in [4.69, 9.17) is 4.74 Å². The minimum Gasteiger partial charge on any atom is -0.487 e. The van der Waals surface area contributed by atoms with Gasteiger partial charge in [0.2, 0.25) is 10.0 Å². The molecular formula is C23H25F5N2O3S. The molecule has 0 atom stereocenters. The normalized spacial score (nSPS) is 12.7. The van der Waals surface area contributed by atoms with Crippen LogP contribution in [-0.4, -0.2) is 43.1 Å². The summed E-state index contributed by atoms with van der Waals surface area (Å²) in [6.07, 6.45) is -1.87. The molecule has 3 aromatic rings. The highest BCUT2D eigenvalue weighted by Crippen LogP contribution is 2.26. The Morgan fingerprint density at radius 3 is 2.53 bits per heavy atom. The summed E-state index contributed by atoms with van der Waals surface area (Å²) in [5.41, 5.74) is 1.68. The number of ether oxygens (including phenoxy) is 1. The van der Waals surface area contributed by atoms with Crippen molar-refractivity contribution in [3.8, 4) is 5.75 Å². The minimum absolute atomic E-state index is 0.0450. The molecule has 0 amide bonds. The molecule has 1 N–H and O–H groups in total. The van der Waals surface area contributed by atoms with Gasteiger partial charge in [-0.1, -0.05) is 12.1 Å². The van der Waals surface area contributed by atoms with Gasteiger partial charge < -0.3 is 10.1 Å². The van der Waals surface area contributed by atoms with E-state index in [9.17, 15) is 30.4 Å². The third-order valence-corrected chi connectivity index (χ3v) is 7.28. The number of nitrogens with one attached hydrogen (secondary N) is 1. The van der Waals surface area contributed by atoms with Gasteiger partial charge in [-0.05, 0) is 68.3 Å². The number of nitrogens with zero attached hydrogens (tertiary/aromatic N) is 1. The topological polar surface area (TPSA) is 60.3 Å². The van der Waals surface area contributed by atoms with Gasteiger partial charge in [-0.3, -0.25) is 0 Å². The Labute approximate surface area is 194 Å². The van der Waals surface area contributed by atoms with Gasteiger partial charge in [0.25, 0.3) is 0 Å². The van der Waals surface area contributed by atoms with Crippen LogP contribution >= 0.6 is 0 Å². The van der Waals surface area contributed by atoms with Crippen molar-refractivity contribution in [1.29, 1.82) is 0 Å². The molecule has 1 aromatic heterocycles. The summed E-state index contributed by atoms with van der Waals surface area (Å²) in [5.74, 6) is -4.73. The fraction of sp³-hybridized carbons (Fsp3) is 0.391. The fourth-order valence-electron chi connectivity index (χ4n) is 3.32. The maximum absolute atomic E-state index is 13.8. The van der Waals surface area contributed by atoms with E-state index in [-0.39, 0.29) is 11.3 Å². The monoisotopic (exact) mass is 504 g/mol. The lowest BCUT2D eigenvalue weighted by Gasteiger charge is -2.16. The Kier molecular flexibility index (Phi) is 7.87. The molecule has 5 nitrogen and oxygen atoms in total. The van der Waals surface area contributed by atoms with Crippen LogP contribution in [0.25, 0.3) is 10.9 Å². The van der Waals surface area contributed by atoms with E-state index in [0.717, 1.165) is 9.54 Å². The Morgan fingerprint density at radius 2 is 1.85 bits per heavy atom.